The van der Waals surface area contributed by atoms with E-state index in [-0.39, 0.29) is 24.0 Å². The third-order valence-corrected chi connectivity index (χ3v) is 4.96. The lowest BCUT2D eigenvalue weighted by Crippen LogP contribution is -2.43. The first-order valence-corrected chi connectivity index (χ1v) is 8.83. The zero-order valence-corrected chi connectivity index (χ0v) is 17.5. The van der Waals surface area contributed by atoms with Gasteiger partial charge in [-0.1, -0.05) is 35.9 Å². The van der Waals surface area contributed by atoms with Crippen LogP contribution in [-0.4, -0.2) is 66.7 Å². The maximum Gasteiger partial charge on any atom is 0.193 e. The van der Waals surface area contributed by atoms with Crippen molar-refractivity contribution in [2.75, 3.05) is 39.8 Å². The van der Waals surface area contributed by atoms with Crippen LogP contribution in [0.4, 0.5) is 0 Å². The largest absolute Gasteiger partial charge is 0.387 e. The maximum atomic E-state index is 10.3. The number of hydrogen-bond donors (Lipinski definition) is 2. The Morgan fingerprint density at radius 1 is 1.40 bits per heavy atom. The summed E-state index contributed by atoms with van der Waals surface area (Å²) in [5, 5.41) is 14.3. The smallest absolute Gasteiger partial charge is 0.193 e. The first kappa shape index (κ1) is 20.5. The Hall–Kier alpha value is -0.830. The Morgan fingerprint density at radius 2 is 2.16 bits per heavy atom. The molecule has 0 aliphatic carbocycles. The summed E-state index contributed by atoms with van der Waals surface area (Å²) in [6.45, 7) is 4.50. The number of guanidine groups is 1. The summed E-state index contributed by atoms with van der Waals surface area (Å²) in [7, 11) is 1.79. The molecule has 1 aromatic carbocycles. The van der Waals surface area contributed by atoms with Gasteiger partial charge >= 0.3 is 0 Å². The van der Waals surface area contributed by atoms with E-state index in [1.807, 2.05) is 18.2 Å². The number of benzene rings is 1. The van der Waals surface area contributed by atoms with Gasteiger partial charge in [-0.3, -0.25) is 9.89 Å². The van der Waals surface area contributed by atoms with Gasteiger partial charge in [0.2, 0.25) is 0 Å². The number of nitrogens with zero attached hydrogens (tertiary/aromatic N) is 3. The van der Waals surface area contributed by atoms with Crippen LogP contribution >= 0.6 is 35.6 Å². The fourth-order valence-electron chi connectivity index (χ4n) is 3.38. The summed E-state index contributed by atoms with van der Waals surface area (Å²) in [6.07, 6.45) is 5.01. The summed E-state index contributed by atoms with van der Waals surface area (Å²) in [5.74, 6) is 0.853. The molecule has 0 amide bonds. The van der Waals surface area contributed by atoms with Crippen LogP contribution < -0.4 is 5.32 Å². The van der Waals surface area contributed by atoms with Crippen LogP contribution in [0.2, 0.25) is 5.02 Å². The van der Waals surface area contributed by atoms with Crippen molar-refractivity contribution in [3.8, 4) is 0 Å². The molecule has 2 N–H and O–H groups in total. The molecule has 2 aliphatic heterocycles. The van der Waals surface area contributed by atoms with Gasteiger partial charge < -0.3 is 15.3 Å². The van der Waals surface area contributed by atoms with Gasteiger partial charge in [-0.25, -0.2) is 0 Å². The summed E-state index contributed by atoms with van der Waals surface area (Å²) < 4.78 is 0. The van der Waals surface area contributed by atoms with Crippen molar-refractivity contribution in [3.63, 3.8) is 0 Å². The first-order valence-electron chi connectivity index (χ1n) is 8.45. The van der Waals surface area contributed by atoms with Gasteiger partial charge in [0, 0.05) is 50.8 Å². The predicted molar refractivity (Wildman–Crippen MR) is 114 cm³/mol. The van der Waals surface area contributed by atoms with Crippen molar-refractivity contribution in [1.82, 2.24) is 15.1 Å². The van der Waals surface area contributed by atoms with Gasteiger partial charge in [0.15, 0.2) is 5.96 Å². The van der Waals surface area contributed by atoms with Crippen LogP contribution in [0.25, 0.3) is 0 Å². The second-order valence-corrected chi connectivity index (χ2v) is 6.75. The lowest BCUT2D eigenvalue weighted by molar-refractivity contribution is 0.179. The third-order valence-electron chi connectivity index (χ3n) is 4.72. The van der Waals surface area contributed by atoms with Gasteiger partial charge in [-0.2, -0.15) is 0 Å². The van der Waals surface area contributed by atoms with Crippen molar-refractivity contribution in [3.05, 3.63) is 47.0 Å². The molecule has 5 nitrogen and oxygen atoms in total. The van der Waals surface area contributed by atoms with Gasteiger partial charge in [0.1, 0.15) is 0 Å². The van der Waals surface area contributed by atoms with Crippen molar-refractivity contribution in [1.29, 1.82) is 0 Å². The molecule has 1 fully saturated rings. The van der Waals surface area contributed by atoms with E-state index in [2.05, 4.69) is 32.3 Å². The summed E-state index contributed by atoms with van der Waals surface area (Å²) >= 11 is 5.99. The molecule has 138 valence electrons. The minimum absolute atomic E-state index is 0. The molecule has 2 aliphatic rings. The van der Waals surface area contributed by atoms with E-state index in [4.69, 9.17) is 11.6 Å². The molecule has 0 spiro atoms. The summed E-state index contributed by atoms with van der Waals surface area (Å²) in [4.78, 5) is 9.14. The van der Waals surface area contributed by atoms with Crippen LogP contribution in [0, 0.1) is 0 Å². The van der Waals surface area contributed by atoms with Crippen molar-refractivity contribution in [2.45, 2.75) is 18.6 Å². The van der Waals surface area contributed by atoms with Gasteiger partial charge in [-0.15, -0.1) is 24.0 Å². The second kappa shape index (κ2) is 9.75. The molecular weight excluding hydrogens is 451 g/mol. The number of aliphatic imine (C=N–C) groups is 1. The molecule has 0 radical (unpaired) electrons. The van der Waals surface area contributed by atoms with Crippen LogP contribution in [0.15, 0.2) is 41.4 Å². The topological polar surface area (TPSA) is 51.1 Å². The van der Waals surface area contributed by atoms with E-state index in [9.17, 15) is 5.11 Å². The highest BCUT2D eigenvalue weighted by Crippen LogP contribution is 2.19. The van der Waals surface area contributed by atoms with E-state index in [1.54, 1.807) is 13.1 Å². The average molecular weight is 477 g/mol. The highest BCUT2D eigenvalue weighted by molar-refractivity contribution is 14.0. The molecule has 1 saturated heterocycles. The van der Waals surface area contributed by atoms with E-state index >= 15 is 0 Å². The molecule has 1 aromatic rings. The highest BCUT2D eigenvalue weighted by atomic mass is 127. The number of aliphatic hydroxyl groups is 1. The Kier molecular flexibility index (Phi) is 7.99. The number of nitrogens with one attached hydrogen (secondary N) is 1. The second-order valence-electron chi connectivity index (χ2n) is 6.31. The Labute approximate surface area is 171 Å². The number of hydrogen-bond acceptors (Lipinski definition) is 3. The summed E-state index contributed by atoms with van der Waals surface area (Å²) in [6, 6.07) is 7.92. The fourth-order valence-corrected chi connectivity index (χ4v) is 3.58. The lowest BCUT2D eigenvalue weighted by atomic mass is 10.1. The molecule has 2 atom stereocenters. The number of likely N-dealkylation sites (tertiary alicyclic amines) is 1. The molecule has 0 saturated carbocycles. The zero-order valence-electron chi connectivity index (χ0n) is 14.4. The molecule has 3 rings (SSSR count). The number of aliphatic hydroxyl groups excluding tert-OH is 1. The molecule has 25 heavy (non-hydrogen) atoms. The molecule has 2 unspecified atom stereocenters. The minimum Gasteiger partial charge on any atom is -0.387 e. The van der Waals surface area contributed by atoms with Gasteiger partial charge in [-0.05, 0) is 24.1 Å². The molecular formula is C18H26ClIN4O. The lowest BCUT2D eigenvalue weighted by Gasteiger charge is -2.26. The molecule has 7 heteroatoms. The monoisotopic (exact) mass is 476 g/mol. The summed E-state index contributed by atoms with van der Waals surface area (Å²) in [5.41, 5.74) is 0.813. The SMILES string of the molecule is CN=C(NCC(O)c1cccc(Cl)c1)N1CCC(N2CC=CC2)C1.I. The molecule has 2 heterocycles. The maximum absolute atomic E-state index is 10.3. The minimum atomic E-state index is -0.610. The normalized spacial score (nSPS) is 22.1. The molecule has 0 aromatic heterocycles. The fraction of sp³-hybridized carbons (Fsp3) is 0.500. The van der Waals surface area contributed by atoms with E-state index in [1.165, 1.54) is 0 Å². The van der Waals surface area contributed by atoms with E-state index in [0.29, 0.717) is 17.6 Å². The van der Waals surface area contributed by atoms with Gasteiger partial charge in [0.05, 0.1) is 6.10 Å². The Balaban J connectivity index is 0.00000225. The van der Waals surface area contributed by atoms with Crippen LogP contribution in [0.1, 0.15) is 18.1 Å². The first-order chi connectivity index (χ1) is 11.7. The van der Waals surface area contributed by atoms with Crippen molar-refractivity contribution < 1.29 is 5.11 Å². The standard InChI is InChI=1S/C18H25ClN4O.HI/c1-20-18(21-12-17(24)14-5-4-6-15(19)11-14)23-10-7-16(13-23)22-8-2-3-9-22;/h2-6,11,16-17,24H,7-10,12-13H2,1H3,(H,20,21);1H. The number of rotatable bonds is 4. The van der Waals surface area contributed by atoms with E-state index in [0.717, 1.165) is 44.1 Å². The zero-order chi connectivity index (χ0) is 16.9. The Bertz CT molecular complexity index is 617. The van der Waals surface area contributed by atoms with Crippen molar-refractivity contribution in [2.24, 2.45) is 4.99 Å². The molecule has 0 bridgehead atoms. The quantitative estimate of drug-likeness (QED) is 0.303. The third kappa shape index (κ3) is 5.32. The predicted octanol–water partition coefficient (Wildman–Crippen LogP) is 2.51. The number of halogens is 2. The van der Waals surface area contributed by atoms with Gasteiger partial charge in [0.25, 0.3) is 0 Å². The van der Waals surface area contributed by atoms with Crippen molar-refractivity contribution >= 4 is 41.5 Å². The van der Waals surface area contributed by atoms with E-state index < -0.39 is 6.10 Å². The Morgan fingerprint density at radius 3 is 2.84 bits per heavy atom. The highest BCUT2D eigenvalue weighted by Gasteiger charge is 2.29. The average Bonchev–Trinajstić information content (AvgIpc) is 3.26. The van der Waals surface area contributed by atoms with Crippen LogP contribution in [0.3, 0.4) is 0 Å². The van der Waals surface area contributed by atoms with Crippen LogP contribution in [0.5, 0.6) is 0 Å². The van der Waals surface area contributed by atoms with Crippen LogP contribution in [-0.2, 0) is 0 Å².